The number of nitrogen functional groups attached to an aromatic ring is 1. The van der Waals surface area contributed by atoms with E-state index in [-0.39, 0.29) is 5.91 Å². The van der Waals surface area contributed by atoms with E-state index in [0.29, 0.717) is 42.1 Å². The number of hydrogen-bond acceptors (Lipinski definition) is 6. The van der Waals surface area contributed by atoms with Gasteiger partial charge in [0.25, 0.3) is 5.91 Å². The average molecular weight is 300 g/mol. The van der Waals surface area contributed by atoms with E-state index in [2.05, 4.69) is 17.2 Å². The van der Waals surface area contributed by atoms with Crippen molar-refractivity contribution in [2.24, 2.45) is 0 Å². The van der Waals surface area contributed by atoms with E-state index < -0.39 is 0 Å². The molecule has 1 amide bonds. The van der Waals surface area contributed by atoms with Gasteiger partial charge in [-0.25, -0.2) is 4.98 Å². The van der Waals surface area contributed by atoms with Gasteiger partial charge in [0.15, 0.2) is 5.13 Å². The van der Waals surface area contributed by atoms with Gasteiger partial charge in [-0.3, -0.25) is 4.79 Å². The third-order valence-electron chi connectivity index (χ3n) is 2.75. The number of hydrogen-bond donors (Lipinski definition) is 2. The van der Waals surface area contributed by atoms with Crippen molar-refractivity contribution < 1.29 is 9.53 Å². The number of aromatic nitrogens is 1. The summed E-state index contributed by atoms with van der Waals surface area (Å²) in [6, 6.07) is 0. The highest BCUT2D eigenvalue weighted by Gasteiger charge is 2.21. The Kier molecular flexibility index (Phi) is 7.32. The summed E-state index contributed by atoms with van der Waals surface area (Å²) >= 11 is 1.31. The number of carbonyl (C=O) groups excluding carboxylic acids is 1. The first-order valence-electron chi connectivity index (χ1n) is 7.01. The molecule has 0 atom stereocenters. The minimum atomic E-state index is -0.0771. The molecule has 0 unspecified atom stereocenters. The third-order valence-corrected chi connectivity index (χ3v) is 3.77. The molecule has 0 fully saturated rings. The van der Waals surface area contributed by atoms with Gasteiger partial charge in [0.1, 0.15) is 10.7 Å². The molecule has 0 aliphatic rings. The van der Waals surface area contributed by atoms with Gasteiger partial charge in [-0.1, -0.05) is 18.3 Å². The van der Waals surface area contributed by atoms with E-state index in [1.807, 2.05) is 13.8 Å². The quantitative estimate of drug-likeness (QED) is 0.682. The number of thiazole rings is 1. The van der Waals surface area contributed by atoms with Gasteiger partial charge in [-0.2, -0.15) is 0 Å². The molecule has 0 aliphatic heterocycles. The summed E-state index contributed by atoms with van der Waals surface area (Å²) in [4.78, 5) is 18.8. The fourth-order valence-electron chi connectivity index (χ4n) is 1.66. The monoisotopic (exact) mass is 300 g/mol. The molecular formula is C13H24N4O2S. The number of rotatable bonds is 9. The summed E-state index contributed by atoms with van der Waals surface area (Å²) in [6.07, 6.45) is 0.998. The average Bonchev–Trinajstić information content (AvgIpc) is 2.82. The Morgan fingerprint density at radius 1 is 1.45 bits per heavy atom. The Labute approximate surface area is 124 Å². The zero-order chi connectivity index (χ0) is 15.0. The lowest BCUT2D eigenvalue weighted by atomic mass is 10.4. The molecule has 0 bridgehead atoms. The van der Waals surface area contributed by atoms with Crippen molar-refractivity contribution in [1.82, 2.24) is 9.88 Å². The molecule has 114 valence electrons. The standard InChI is InChI=1S/C13H24N4O2S/c1-4-7-15-13-16-11(14)10(20-13)12(18)17(5-2)8-9-19-6-3/h4-9,14H2,1-3H3,(H,15,16). The van der Waals surface area contributed by atoms with Gasteiger partial charge in [0, 0.05) is 26.2 Å². The van der Waals surface area contributed by atoms with Crippen LogP contribution in [0.1, 0.15) is 36.9 Å². The molecule has 0 saturated heterocycles. The van der Waals surface area contributed by atoms with Crippen molar-refractivity contribution >= 4 is 28.2 Å². The maximum Gasteiger partial charge on any atom is 0.267 e. The molecule has 7 heteroatoms. The lowest BCUT2D eigenvalue weighted by molar-refractivity contribution is 0.0674. The summed E-state index contributed by atoms with van der Waals surface area (Å²) in [5.74, 6) is 0.222. The van der Waals surface area contributed by atoms with Crippen LogP contribution in [-0.4, -0.2) is 48.6 Å². The number of ether oxygens (including phenoxy) is 1. The van der Waals surface area contributed by atoms with E-state index in [9.17, 15) is 4.79 Å². The SMILES string of the molecule is CCCNc1nc(N)c(C(=O)N(CC)CCOCC)s1. The molecule has 0 aromatic carbocycles. The van der Waals surface area contributed by atoms with Crippen molar-refractivity contribution in [3.05, 3.63) is 4.88 Å². The van der Waals surface area contributed by atoms with E-state index in [4.69, 9.17) is 10.5 Å². The molecule has 6 nitrogen and oxygen atoms in total. The molecule has 1 aromatic rings. The zero-order valence-electron chi connectivity index (χ0n) is 12.4. The number of amides is 1. The molecule has 0 radical (unpaired) electrons. The Morgan fingerprint density at radius 3 is 2.80 bits per heavy atom. The normalized spacial score (nSPS) is 10.6. The predicted molar refractivity (Wildman–Crippen MR) is 83.4 cm³/mol. The van der Waals surface area contributed by atoms with Crippen molar-refractivity contribution in [3.8, 4) is 0 Å². The highest BCUT2D eigenvalue weighted by Crippen LogP contribution is 2.26. The van der Waals surface area contributed by atoms with Crippen LogP contribution in [0.4, 0.5) is 10.9 Å². The predicted octanol–water partition coefficient (Wildman–Crippen LogP) is 2.05. The van der Waals surface area contributed by atoms with Crippen molar-refractivity contribution in [1.29, 1.82) is 0 Å². The van der Waals surface area contributed by atoms with Crippen molar-refractivity contribution in [2.75, 3.05) is 43.9 Å². The number of anilines is 2. The highest BCUT2D eigenvalue weighted by atomic mass is 32.1. The maximum absolute atomic E-state index is 12.4. The first-order valence-corrected chi connectivity index (χ1v) is 7.82. The molecule has 1 aromatic heterocycles. The lowest BCUT2D eigenvalue weighted by Gasteiger charge is -2.19. The van der Waals surface area contributed by atoms with Crippen LogP contribution in [0.25, 0.3) is 0 Å². The Morgan fingerprint density at radius 2 is 2.20 bits per heavy atom. The Balaban J connectivity index is 2.70. The second-order valence-electron chi connectivity index (χ2n) is 4.24. The summed E-state index contributed by atoms with van der Waals surface area (Å²) < 4.78 is 5.29. The van der Waals surface area contributed by atoms with E-state index in [1.54, 1.807) is 4.90 Å². The Hall–Kier alpha value is -1.34. The highest BCUT2D eigenvalue weighted by molar-refractivity contribution is 7.18. The van der Waals surface area contributed by atoms with Gasteiger partial charge >= 0.3 is 0 Å². The molecule has 0 aliphatic carbocycles. The van der Waals surface area contributed by atoms with Crippen molar-refractivity contribution in [3.63, 3.8) is 0 Å². The van der Waals surface area contributed by atoms with E-state index in [1.165, 1.54) is 11.3 Å². The first kappa shape index (κ1) is 16.7. The Bertz CT molecular complexity index is 423. The number of nitrogens with one attached hydrogen (secondary N) is 1. The van der Waals surface area contributed by atoms with Gasteiger partial charge in [-0.15, -0.1) is 0 Å². The number of nitrogens with two attached hydrogens (primary N) is 1. The fraction of sp³-hybridized carbons (Fsp3) is 0.692. The molecule has 3 N–H and O–H groups in total. The second-order valence-corrected chi connectivity index (χ2v) is 5.24. The number of nitrogens with zero attached hydrogens (tertiary/aromatic N) is 2. The molecular weight excluding hydrogens is 276 g/mol. The topological polar surface area (TPSA) is 80.5 Å². The van der Waals surface area contributed by atoms with Gasteiger partial charge < -0.3 is 20.7 Å². The molecule has 20 heavy (non-hydrogen) atoms. The summed E-state index contributed by atoms with van der Waals surface area (Å²) in [5, 5.41) is 3.85. The minimum absolute atomic E-state index is 0.0771. The minimum Gasteiger partial charge on any atom is -0.382 e. The number of carbonyl (C=O) groups is 1. The van der Waals surface area contributed by atoms with E-state index >= 15 is 0 Å². The summed E-state index contributed by atoms with van der Waals surface area (Å²) in [6.45, 7) is 9.15. The molecule has 0 spiro atoms. The van der Waals surface area contributed by atoms with Crippen LogP contribution in [0.3, 0.4) is 0 Å². The number of likely N-dealkylation sites (N-methyl/N-ethyl adjacent to an activating group) is 1. The van der Waals surface area contributed by atoms with Crippen molar-refractivity contribution in [2.45, 2.75) is 27.2 Å². The molecule has 0 saturated carbocycles. The van der Waals surface area contributed by atoms with Gasteiger partial charge in [0.2, 0.25) is 0 Å². The third kappa shape index (κ3) is 4.64. The largest absolute Gasteiger partial charge is 0.382 e. The molecule has 1 rings (SSSR count). The fourth-order valence-corrected chi connectivity index (χ4v) is 2.54. The van der Waals surface area contributed by atoms with Gasteiger partial charge in [0.05, 0.1) is 6.61 Å². The van der Waals surface area contributed by atoms with Crippen LogP contribution >= 0.6 is 11.3 Å². The van der Waals surface area contributed by atoms with Crippen LogP contribution in [0.15, 0.2) is 0 Å². The first-order chi connectivity index (χ1) is 9.63. The van der Waals surface area contributed by atoms with Crippen LogP contribution in [0.5, 0.6) is 0 Å². The van der Waals surface area contributed by atoms with Crippen LogP contribution in [0.2, 0.25) is 0 Å². The molecule has 1 heterocycles. The summed E-state index contributed by atoms with van der Waals surface area (Å²) in [7, 11) is 0. The van der Waals surface area contributed by atoms with Crippen LogP contribution in [-0.2, 0) is 4.74 Å². The zero-order valence-corrected chi connectivity index (χ0v) is 13.3. The second kappa shape index (κ2) is 8.76. The van der Waals surface area contributed by atoms with E-state index in [0.717, 1.165) is 13.0 Å². The smallest absolute Gasteiger partial charge is 0.267 e. The lowest BCUT2D eigenvalue weighted by Crippen LogP contribution is -2.33. The van der Waals surface area contributed by atoms with Crippen LogP contribution in [0, 0.1) is 0 Å². The van der Waals surface area contributed by atoms with Crippen LogP contribution < -0.4 is 11.1 Å². The maximum atomic E-state index is 12.4. The van der Waals surface area contributed by atoms with Gasteiger partial charge in [-0.05, 0) is 20.3 Å². The summed E-state index contributed by atoms with van der Waals surface area (Å²) in [5.41, 5.74) is 5.84.